The molecule has 2 aromatic carbocycles. The lowest BCUT2D eigenvalue weighted by Gasteiger charge is -2.17. The summed E-state index contributed by atoms with van der Waals surface area (Å²) in [5, 5.41) is 3.82. The molecule has 0 spiro atoms. The number of hydrogen-bond acceptors (Lipinski definition) is 6. The molecule has 1 aliphatic heterocycles. The number of carbonyl (C=O) groups is 3. The van der Waals surface area contributed by atoms with Crippen LogP contribution in [0.3, 0.4) is 0 Å². The minimum Gasteiger partial charge on any atom is -0.337 e. The number of amides is 3. The van der Waals surface area contributed by atoms with Crippen LogP contribution in [0.5, 0.6) is 0 Å². The van der Waals surface area contributed by atoms with Crippen LogP contribution in [0.4, 0.5) is 5.69 Å². The molecule has 1 aliphatic rings. The molecule has 0 radical (unpaired) electrons. The molecule has 0 aliphatic carbocycles. The Morgan fingerprint density at radius 2 is 1.81 bits per heavy atom. The highest BCUT2D eigenvalue weighted by molar-refractivity contribution is 6.35. The van der Waals surface area contributed by atoms with E-state index in [1.54, 1.807) is 13.1 Å². The van der Waals surface area contributed by atoms with E-state index in [2.05, 4.69) is 10.1 Å². The van der Waals surface area contributed by atoms with E-state index in [9.17, 15) is 14.4 Å². The lowest BCUT2D eigenvalue weighted by molar-refractivity contribution is 0.0769. The number of aryl methyl sites for hydroxylation is 3. The molecular formula is C23H22N4O4. The third kappa shape index (κ3) is 3.61. The van der Waals surface area contributed by atoms with Gasteiger partial charge in [-0.05, 0) is 49.2 Å². The van der Waals surface area contributed by atoms with Crippen molar-refractivity contribution in [2.45, 2.75) is 33.7 Å². The van der Waals surface area contributed by atoms with E-state index in [4.69, 9.17) is 4.52 Å². The van der Waals surface area contributed by atoms with Gasteiger partial charge in [-0.25, -0.2) is 4.90 Å². The van der Waals surface area contributed by atoms with Gasteiger partial charge in [0.1, 0.15) is 0 Å². The fourth-order valence-corrected chi connectivity index (χ4v) is 3.55. The van der Waals surface area contributed by atoms with Gasteiger partial charge in [0.15, 0.2) is 5.82 Å². The summed E-state index contributed by atoms with van der Waals surface area (Å²) in [4.78, 5) is 45.7. The predicted molar refractivity (Wildman–Crippen MR) is 113 cm³/mol. The fraction of sp³-hybridized carbons (Fsp3) is 0.261. The SMILES string of the molecule is CCc1noc(CN(C)C(=O)c2ccc3c(c2)C(=O)N(c2cc(C)ccc2C)C3=O)n1. The molecule has 8 heteroatoms. The van der Waals surface area contributed by atoms with Crippen LogP contribution in [0.25, 0.3) is 0 Å². The van der Waals surface area contributed by atoms with Gasteiger partial charge in [0.2, 0.25) is 5.89 Å². The first-order valence-corrected chi connectivity index (χ1v) is 9.97. The summed E-state index contributed by atoms with van der Waals surface area (Å²) in [6.45, 7) is 5.81. The van der Waals surface area contributed by atoms with Gasteiger partial charge in [0, 0.05) is 19.0 Å². The Labute approximate surface area is 179 Å². The highest BCUT2D eigenvalue weighted by Crippen LogP contribution is 2.32. The first kappa shape index (κ1) is 20.5. The Bertz CT molecular complexity index is 1210. The maximum atomic E-state index is 13.1. The summed E-state index contributed by atoms with van der Waals surface area (Å²) < 4.78 is 5.14. The average molecular weight is 418 g/mol. The molecule has 2 heterocycles. The van der Waals surface area contributed by atoms with Crippen LogP contribution in [0.2, 0.25) is 0 Å². The molecule has 8 nitrogen and oxygen atoms in total. The number of carbonyl (C=O) groups excluding carboxylic acids is 3. The lowest BCUT2D eigenvalue weighted by atomic mass is 10.0. The molecule has 3 aromatic rings. The smallest absolute Gasteiger partial charge is 0.266 e. The first-order valence-electron chi connectivity index (χ1n) is 9.97. The molecule has 0 saturated carbocycles. The van der Waals surface area contributed by atoms with Gasteiger partial charge in [0.05, 0.1) is 23.4 Å². The molecule has 0 fully saturated rings. The largest absolute Gasteiger partial charge is 0.337 e. The van der Waals surface area contributed by atoms with Crippen LogP contribution >= 0.6 is 0 Å². The van der Waals surface area contributed by atoms with Gasteiger partial charge in [-0.3, -0.25) is 14.4 Å². The van der Waals surface area contributed by atoms with Crippen LogP contribution in [0, 0.1) is 13.8 Å². The Morgan fingerprint density at radius 1 is 1.06 bits per heavy atom. The average Bonchev–Trinajstić information content (AvgIpc) is 3.31. The summed E-state index contributed by atoms with van der Waals surface area (Å²) in [7, 11) is 1.61. The van der Waals surface area contributed by atoms with Crippen molar-refractivity contribution in [3.63, 3.8) is 0 Å². The van der Waals surface area contributed by atoms with Crippen molar-refractivity contribution in [2.75, 3.05) is 11.9 Å². The topological polar surface area (TPSA) is 96.6 Å². The second kappa shape index (κ2) is 7.79. The maximum Gasteiger partial charge on any atom is 0.266 e. The van der Waals surface area contributed by atoms with Gasteiger partial charge >= 0.3 is 0 Å². The van der Waals surface area contributed by atoms with Crippen LogP contribution in [-0.2, 0) is 13.0 Å². The molecule has 4 rings (SSSR count). The highest BCUT2D eigenvalue weighted by atomic mass is 16.5. The molecule has 3 amide bonds. The zero-order valence-corrected chi connectivity index (χ0v) is 17.8. The summed E-state index contributed by atoms with van der Waals surface area (Å²) in [6.07, 6.45) is 0.638. The minimum atomic E-state index is -0.435. The monoisotopic (exact) mass is 418 g/mol. The highest BCUT2D eigenvalue weighted by Gasteiger charge is 2.38. The van der Waals surface area contributed by atoms with Crippen LogP contribution in [0.15, 0.2) is 40.9 Å². The third-order valence-electron chi connectivity index (χ3n) is 5.28. The van der Waals surface area contributed by atoms with Crippen molar-refractivity contribution in [1.29, 1.82) is 0 Å². The second-order valence-electron chi connectivity index (χ2n) is 7.62. The Morgan fingerprint density at radius 3 is 2.52 bits per heavy atom. The molecule has 0 saturated heterocycles. The zero-order valence-electron chi connectivity index (χ0n) is 17.8. The summed E-state index contributed by atoms with van der Waals surface area (Å²) in [5.74, 6) is -0.232. The molecule has 0 unspecified atom stereocenters. The normalized spacial score (nSPS) is 13.0. The maximum absolute atomic E-state index is 13.1. The fourth-order valence-electron chi connectivity index (χ4n) is 3.55. The zero-order chi connectivity index (χ0) is 22.3. The summed E-state index contributed by atoms with van der Waals surface area (Å²) in [5.41, 5.74) is 3.13. The van der Waals surface area contributed by atoms with Crippen molar-refractivity contribution in [3.8, 4) is 0 Å². The number of benzene rings is 2. The van der Waals surface area contributed by atoms with E-state index in [0.29, 0.717) is 29.4 Å². The molecule has 0 bridgehead atoms. The van der Waals surface area contributed by atoms with Crippen molar-refractivity contribution in [3.05, 3.63) is 75.9 Å². The van der Waals surface area contributed by atoms with Crippen molar-refractivity contribution < 1.29 is 18.9 Å². The van der Waals surface area contributed by atoms with E-state index in [1.165, 1.54) is 21.9 Å². The van der Waals surface area contributed by atoms with E-state index in [1.807, 2.05) is 39.0 Å². The van der Waals surface area contributed by atoms with Crippen LogP contribution in [-0.4, -0.2) is 39.8 Å². The van der Waals surface area contributed by atoms with E-state index >= 15 is 0 Å². The number of hydrogen-bond donors (Lipinski definition) is 0. The van der Waals surface area contributed by atoms with Gasteiger partial charge in [-0.2, -0.15) is 4.98 Å². The van der Waals surface area contributed by atoms with Gasteiger partial charge in [-0.15, -0.1) is 0 Å². The van der Waals surface area contributed by atoms with Crippen molar-refractivity contribution in [2.24, 2.45) is 0 Å². The quantitative estimate of drug-likeness (QED) is 0.590. The van der Waals surface area contributed by atoms with Gasteiger partial charge in [-0.1, -0.05) is 24.2 Å². The molecule has 31 heavy (non-hydrogen) atoms. The molecule has 0 atom stereocenters. The number of rotatable bonds is 5. The van der Waals surface area contributed by atoms with E-state index < -0.39 is 5.91 Å². The Balaban J connectivity index is 1.60. The number of nitrogens with zero attached hydrogens (tertiary/aromatic N) is 4. The number of anilines is 1. The predicted octanol–water partition coefficient (Wildman–Crippen LogP) is 3.32. The summed E-state index contributed by atoms with van der Waals surface area (Å²) >= 11 is 0. The first-order chi connectivity index (χ1) is 14.8. The number of fused-ring (bicyclic) bond motifs is 1. The van der Waals surface area contributed by atoms with E-state index in [-0.39, 0.29) is 29.5 Å². The molecule has 0 N–H and O–H groups in total. The summed E-state index contributed by atoms with van der Waals surface area (Å²) in [6, 6.07) is 10.2. The van der Waals surface area contributed by atoms with Crippen LogP contribution in [0.1, 0.15) is 60.8 Å². The second-order valence-corrected chi connectivity index (χ2v) is 7.62. The van der Waals surface area contributed by atoms with E-state index in [0.717, 1.165) is 11.1 Å². The molecule has 1 aromatic heterocycles. The van der Waals surface area contributed by atoms with Crippen LogP contribution < -0.4 is 4.90 Å². The number of imide groups is 1. The van der Waals surface area contributed by atoms with Crippen molar-refractivity contribution >= 4 is 23.4 Å². The number of aromatic nitrogens is 2. The standard InChI is InChI=1S/C23H22N4O4/c1-5-19-24-20(31-25-19)12-26(4)21(28)15-8-9-16-17(11-15)23(30)27(22(16)29)18-10-13(2)6-7-14(18)3/h6-11H,5,12H2,1-4H3. The lowest BCUT2D eigenvalue weighted by Crippen LogP contribution is -2.30. The van der Waals surface area contributed by atoms with Gasteiger partial charge < -0.3 is 9.42 Å². The Hall–Kier alpha value is -3.81. The minimum absolute atomic E-state index is 0.143. The van der Waals surface area contributed by atoms with Crippen molar-refractivity contribution in [1.82, 2.24) is 15.0 Å². The Kier molecular flexibility index (Phi) is 5.14. The van der Waals surface area contributed by atoms with Gasteiger partial charge in [0.25, 0.3) is 17.7 Å². The molecule has 158 valence electrons. The third-order valence-corrected chi connectivity index (χ3v) is 5.28. The molecular weight excluding hydrogens is 396 g/mol.